The van der Waals surface area contributed by atoms with Crippen LogP contribution < -0.4 is 5.73 Å². The van der Waals surface area contributed by atoms with Gasteiger partial charge in [-0.1, -0.05) is 18.9 Å². The van der Waals surface area contributed by atoms with Crippen molar-refractivity contribution in [3.8, 4) is 11.8 Å². The molecule has 1 atom stereocenters. The lowest BCUT2D eigenvalue weighted by Gasteiger charge is -2.21. The van der Waals surface area contributed by atoms with Gasteiger partial charge >= 0.3 is 0 Å². The van der Waals surface area contributed by atoms with Gasteiger partial charge in [0.15, 0.2) is 17.1 Å². The Hall–Kier alpha value is -4.26. The van der Waals surface area contributed by atoms with Gasteiger partial charge in [-0.25, -0.2) is 24.0 Å². The van der Waals surface area contributed by atoms with Crippen molar-refractivity contribution in [2.24, 2.45) is 0 Å². The summed E-state index contributed by atoms with van der Waals surface area (Å²) in [7, 11) is 0. The van der Waals surface area contributed by atoms with Crippen molar-refractivity contribution in [3.05, 3.63) is 54.1 Å². The monoisotopic (exact) mass is 471 g/mol. The van der Waals surface area contributed by atoms with E-state index in [-0.39, 0.29) is 23.3 Å². The second-order valence-electron chi connectivity index (χ2n) is 8.91. The number of amides is 1. The third-order valence-corrected chi connectivity index (χ3v) is 6.78. The predicted octanol–water partition coefficient (Wildman–Crippen LogP) is 3.32. The van der Waals surface area contributed by atoms with Crippen molar-refractivity contribution in [3.63, 3.8) is 0 Å². The number of carbonyl (C=O) groups excluding carboxylic acids is 1. The second kappa shape index (κ2) is 8.20. The van der Waals surface area contributed by atoms with Gasteiger partial charge in [-0.2, -0.15) is 5.10 Å². The van der Waals surface area contributed by atoms with Crippen LogP contribution in [-0.2, 0) is 4.79 Å². The molecule has 1 aromatic carbocycles. The lowest BCUT2D eigenvalue weighted by atomic mass is 9.85. The number of rotatable bonds is 3. The van der Waals surface area contributed by atoms with Gasteiger partial charge in [0.05, 0.1) is 17.0 Å². The quantitative estimate of drug-likeness (QED) is 0.360. The van der Waals surface area contributed by atoms with Gasteiger partial charge in [-0.05, 0) is 37.3 Å². The average molecular weight is 471 g/mol. The number of oxazole rings is 1. The topological polar surface area (TPSA) is 116 Å². The summed E-state index contributed by atoms with van der Waals surface area (Å²) in [6.07, 6.45) is 6.62. The molecular weight excluding hydrogens is 449 g/mol. The lowest BCUT2D eigenvalue weighted by Crippen LogP contribution is -2.27. The summed E-state index contributed by atoms with van der Waals surface area (Å²) >= 11 is 0. The van der Waals surface area contributed by atoms with Crippen molar-refractivity contribution in [2.75, 3.05) is 18.8 Å². The van der Waals surface area contributed by atoms with Crippen molar-refractivity contribution in [1.29, 1.82) is 0 Å². The van der Waals surface area contributed by atoms with Crippen LogP contribution in [0, 0.1) is 17.7 Å². The second-order valence-corrected chi connectivity index (χ2v) is 8.91. The Labute approximate surface area is 199 Å². The molecule has 35 heavy (non-hydrogen) atoms. The van der Waals surface area contributed by atoms with Crippen molar-refractivity contribution in [1.82, 2.24) is 29.6 Å². The van der Waals surface area contributed by atoms with Crippen LogP contribution in [0.5, 0.6) is 0 Å². The van der Waals surface area contributed by atoms with E-state index in [0.717, 1.165) is 19.3 Å². The first kappa shape index (κ1) is 21.3. The van der Waals surface area contributed by atoms with Gasteiger partial charge < -0.3 is 15.1 Å². The molecule has 0 unspecified atom stereocenters. The summed E-state index contributed by atoms with van der Waals surface area (Å²) in [5, 5.41) is 5.15. The van der Waals surface area contributed by atoms with Gasteiger partial charge in [0.25, 0.3) is 0 Å². The Bertz CT molecular complexity index is 1560. The number of carbonyl (C=O) groups is 1. The number of aromatic nitrogens is 5. The number of hydrogen-bond acceptors (Lipinski definition) is 7. The number of benzene rings is 1. The summed E-state index contributed by atoms with van der Waals surface area (Å²) in [5.74, 6) is 6.41. The molecule has 9 nitrogen and oxygen atoms in total. The van der Waals surface area contributed by atoms with Crippen LogP contribution in [0.3, 0.4) is 0 Å². The largest absolute Gasteiger partial charge is 0.440 e. The number of anilines is 1. The normalized spacial score (nSPS) is 18.0. The van der Waals surface area contributed by atoms with E-state index in [2.05, 4.69) is 38.5 Å². The molecular formula is C25H22FN7O2. The van der Waals surface area contributed by atoms with Gasteiger partial charge in [0.2, 0.25) is 5.91 Å². The van der Waals surface area contributed by atoms with Crippen LogP contribution in [0.1, 0.15) is 54.8 Å². The van der Waals surface area contributed by atoms with Gasteiger partial charge in [0.1, 0.15) is 29.2 Å². The lowest BCUT2D eigenvalue weighted by molar-refractivity contribution is -0.125. The Morgan fingerprint density at radius 1 is 1.26 bits per heavy atom. The van der Waals surface area contributed by atoms with Crippen molar-refractivity contribution in [2.45, 2.75) is 37.6 Å². The summed E-state index contributed by atoms with van der Waals surface area (Å²) in [4.78, 5) is 26.7. The van der Waals surface area contributed by atoms with Gasteiger partial charge in [0, 0.05) is 25.1 Å². The number of nitrogens with two attached hydrogens (primary N) is 1. The molecule has 2 N–H and O–H groups in total. The molecule has 3 aromatic heterocycles. The highest BCUT2D eigenvalue weighted by atomic mass is 19.1. The number of nitrogens with zero attached hydrogens (tertiary/aromatic N) is 6. The molecule has 1 saturated heterocycles. The molecule has 0 bridgehead atoms. The molecule has 176 valence electrons. The molecule has 2 aliphatic rings. The molecule has 6 rings (SSSR count). The molecule has 1 amide bonds. The highest BCUT2D eigenvalue weighted by Gasteiger charge is 2.29. The number of fused-ring (bicyclic) bond motifs is 2. The molecule has 0 radical (unpaired) electrons. The van der Waals surface area contributed by atoms with Gasteiger partial charge in [-0.3, -0.25) is 4.79 Å². The fourth-order valence-corrected chi connectivity index (χ4v) is 4.63. The zero-order chi connectivity index (χ0) is 24.1. The van der Waals surface area contributed by atoms with Crippen LogP contribution >= 0.6 is 0 Å². The third kappa shape index (κ3) is 3.60. The molecule has 2 fully saturated rings. The summed E-state index contributed by atoms with van der Waals surface area (Å²) in [6, 6.07) is 2.82. The van der Waals surface area contributed by atoms with Crippen molar-refractivity contribution < 1.29 is 13.6 Å². The van der Waals surface area contributed by atoms with E-state index < -0.39 is 5.82 Å². The number of likely N-dealkylation sites (tertiary alicyclic amines) is 1. The molecule has 0 spiro atoms. The molecule has 4 aromatic rings. The fourth-order valence-electron chi connectivity index (χ4n) is 4.63. The highest BCUT2D eigenvalue weighted by Crippen LogP contribution is 2.37. The smallest absolute Gasteiger partial charge is 0.246 e. The zero-order valence-electron chi connectivity index (χ0n) is 18.9. The number of halogens is 1. The fraction of sp³-hybridized carbons (Fsp3) is 0.320. The SMILES string of the molecule is C=CC(=O)N1CC[C@H](n2nc(C#Cc3cc4nc(C5CCC5)oc4cc3F)c3c(N)ncnc32)C1. The van der Waals surface area contributed by atoms with Gasteiger partial charge in [-0.15, -0.1) is 0 Å². The summed E-state index contributed by atoms with van der Waals surface area (Å²) in [5.41, 5.74) is 8.20. The standard InChI is InChI=1S/C25H22FN7O2/c1-2-21(34)32-9-8-16(12-32)33-24-22(23(27)28-13-29-24)18(31-33)7-6-15-10-19-20(11-17(15)26)35-25(30-19)14-4-3-5-14/h2,10-11,13-14,16H,1,3-5,8-9,12H2,(H2,27,28,29)/t16-/m0/s1. The van der Waals surface area contributed by atoms with Crippen LogP contribution in [0.4, 0.5) is 10.2 Å². The predicted molar refractivity (Wildman–Crippen MR) is 127 cm³/mol. The maximum Gasteiger partial charge on any atom is 0.246 e. The van der Waals surface area contributed by atoms with Crippen molar-refractivity contribution >= 4 is 33.9 Å². The average Bonchev–Trinajstić information content (AvgIpc) is 3.53. The Kier molecular flexibility index (Phi) is 4.99. The Morgan fingerprint density at radius 2 is 2.11 bits per heavy atom. The molecule has 10 heteroatoms. The molecule has 4 heterocycles. The van der Waals surface area contributed by atoms with E-state index in [1.54, 1.807) is 15.6 Å². The minimum atomic E-state index is -0.497. The van der Waals surface area contributed by atoms with E-state index in [9.17, 15) is 9.18 Å². The van der Waals surface area contributed by atoms with Crippen LogP contribution in [0.25, 0.3) is 22.1 Å². The Morgan fingerprint density at radius 3 is 2.89 bits per heavy atom. The van der Waals surface area contributed by atoms with E-state index in [4.69, 9.17) is 10.2 Å². The van der Waals surface area contributed by atoms with Crippen LogP contribution in [0.15, 0.2) is 35.5 Å². The summed E-state index contributed by atoms with van der Waals surface area (Å²) in [6.45, 7) is 4.61. The summed E-state index contributed by atoms with van der Waals surface area (Å²) < 4.78 is 22.3. The minimum Gasteiger partial charge on any atom is -0.440 e. The highest BCUT2D eigenvalue weighted by molar-refractivity contribution is 5.91. The van der Waals surface area contributed by atoms with Crippen LogP contribution in [-0.4, -0.2) is 48.6 Å². The maximum atomic E-state index is 14.8. The molecule has 1 aliphatic heterocycles. The number of hydrogen-bond donors (Lipinski definition) is 1. The molecule has 1 saturated carbocycles. The van der Waals surface area contributed by atoms with E-state index >= 15 is 0 Å². The number of nitrogen functional groups attached to an aromatic ring is 1. The molecule has 1 aliphatic carbocycles. The third-order valence-electron chi connectivity index (χ3n) is 6.78. The minimum absolute atomic E-state index is 0.0978. The van der Waals surface area contributed by atoms with E-state index in [1.165, 1.54) is 18.5 Å². The first-order valence-electron chi connectivity index (χ1n) is 11.5. The van der Waals surface area contributed by atoms with Crippen LogP contribution in [0.2, 0.25) is 0 Å². The Balaban J connectivity index is 1.38. The first-order valence-corrected chi connectivity index (χ1v) is 11.5. The first-order chi connectivity index (χ1) is 17.0. The maximum absolute atomic E-state index is 14.8. The zero-order valence-corrected chi connectivity index (χ0v) is 18.9. The van der Waals surface area contributed by atoms with E-state index in [0.29, 0.717) is 59.1 Å². The van der Waals surface area contributed by atoms with E-state index in [1.807, 2.05) is 0 Å².